The summed E-state index contributed by atoms with van der Waals surface area (Å²) >= 11 is 1.80. The number of ether oxygens (including phenoxy) is 1. The number of hydrogen-bond donors (Lipinski definition) is 0. The molecule has 140 valence electrons. The fourth-order valence-corrected chi connectivity index (χ4v) is 4.68. The highest BCUT2D eigenvalue weighted by Gasteiger charge is 2.25. The van der Waals surface area contributed by atoms with Crippen molar-refractivity contribution in [2.75, 3.05) is 26.2 Å². The second-order valence-electron chi connectivity index (χ2n) is 7.22. The molecule has 7 heteroatoms. The van der Waals surface area contributed by atoms with E-state index in [0.717, 1.165) is 45.6 Å². The number of amides is 1. The number of aromatic nitrogens is 2. The van der Waals surface area contributed by atoms with E-state index in [2.05, 4.69) is 34.4 Å². The van der Waals surface area contributed by atoms with E-state index < -0.39 is 0 Å². The minimum atomic E-state index is -0.0250. The molecule has 1 amide bonds. The lowest BCUT2D eigenvalue weighted by Gasteiger charge is -2.24. The van der Waals surface area contributed by atoms with Crippen LogP contribution < -0.4 is 0 Å². The molecule has 0 aliphatic carbocycles. The number of likely N-dealkylation sites (tertiary alicyclic amines) is 1. The average molecular weight is 375 g/mol. The van der Waals surface area contributed by atoms with Crippen molar-refractivity contribution in [3.05, 3.63) is 39.8 Å². The number of aryl methyl sites for hydroxylation is 1. The molecule has 1 saturated heterocycles. The Hall–Kier alpha value is -1.70. The quantitative estimate of drug-likeness (QED) is 0.806. The molecule has 0 spiro atoms. The Kier molecular flexibility index (Phi) is 5.38. The molecule has 1 fully saturated rings. The first-order valence-electron chi connectivity index (χ1n) is 9.34. The van der Waals surface area contributed by atoms with Gasteiger partial charge in [-0.2, -0.15) is 5.10 Å². The van der Waals surface area contributed by atoms with Crippen molar-refractivity contribution in [1.29, 1.82) is 0 Å². The van der Waals surface area contributed by atoms with Gasteiger partial charge in [0.2, 0.25) is 5.91 Å². The summed E-state index contributed by atoms with van der Waals surface area (Å²) < 4.78 is 8.07. The topological polar surface area (TPSA) is 50.6 Å². The van der Waals surface area contributed by atoms with E-state index in [-0.39, 0.29) is 18.6 Å². The van der Waals surface area contributed by atoms with E-state index in [0.29, 0.717) is 6.54 Å². The van der Waals surface area contributed by atoms with Gasteiger partial charge in [0.05, 0.1) is 18.3 Å². The van der Waals surface area contributed by atoms with E-state index in [1.165, 1.54) is 16.1 Å². The second-order valence-corrected chi connectivity index (χ2v) is 8.22. The Bertz CT molecular complexity index is 750. The van der Waals surface area contributed by atoms with Crippen LogP contribution in [0.15, 0.2) is 23.7 Å². The zero-order chi connectivity index (χ0) is 17.9. The van der Waals surface area contributed by atoms with Crippen molar-refractivity contribution in [3.63, 3.8) is 0 Å². The molecule has 4 rings (SSSR count). The number of carbonyl (C=O) groups is 1. The number of fused-ring (bicyclic) bond motifs is 1. The number of thiophene rings is 1. The third kappa shape index (κ3) is 4.00. The minimum Gasteiger partial charge on any atom is -0.365 e. The molecule has 6 nitrogen and oxygen atoms in total. The molecule has 2 aliphatic heterocycles. The SMILES string of the molecule is Cc1ccsc1CN1Cc2ccnn2CC(OCC(=O)N2CCCC2)C1. The number of nitrogens with zero attached hydrogens (tertiary/aromatic N) is 4. The lowest BCUT2D eigenvalue weighted by atomic mass is 10.2. The van der Waals surface area contributed by atoms with E-state index in [1.807, 2.05) is 15.8 Å². The van der Waals surface area contributed by atoms with Crippen LogP contribution in [0.1, 0.15) is 29.0 Å². The van der Waals surface area contributed by atoms with Gasteiger partial charge in [-0.1, -0.05) is 0 Å². The Labute approximate surface area is 158 Å². The summed E-state index contributed by atoms with van der Waals surface area (Å²) in [5.41, 5.74) is 2.55. The second kappa shape index (κ2) is 7.90. The van der Waals surface area contributed by atoms with Gasteiger partial charge in [-0.05, 0) is 42.8 Å². The van der Waals surface area contributed by atoms with Crippen LogP contribution >= 0.6 is 11.3 Å². The molecule has 0 N–H and O–H groups in total. The molecule has 1 unspecified atom stereocenters. The molecule has 1 atom stereocenters. The number of rotatable bonds is 5. The zero-order valence-corrected chi connectivity index (χ0v) is 16.1. The largest absolute Gasteiger partial charge is 0.365 e. The molecule has 0 aromatic carbocycles. The zero-order valence-electron chi connectivity index (χ0n) is 15.3. The van der Waals surface area contributed by atoms with Crippen molar-refractivity contribution in [2.24, 2.45) is 0 Å². The fourth-order valence-electron chi connectivity index (χ4n) is 3.73. The van der Waals surface area contributed by atoms with Crippen LogP contribution in [0.5, 0.6) is 0 Å². The number of hydrogen-bond acceptors (Lipinski definition) is 5. The summed E-state index contributed by atoms with van der Waals surface area (Å²) in [6.45, 7) is 7.37. The summed E-state index contributed by atoms with van der Waals surface area (Å²) in [7, 11) is 0. The summed E-state index contributed by atoms with van der Waals surface area (Å²) in [6.07, 6.45) is 4.05. The van der Waals surface area contributed by atoms with Crippen LogP contribution in [-0.2, 0) is 29.2 Å². The maximum Gasteiger partial charge on any atom is 0.248 e. The summed E-state index contributed by atoms with van der Waals surface area (Å²) in [4.78, 5) is 18.0. The van der Waals surface area contributed by atoms with Crippen molar-refractivity contribution >= 4 is 17.2 Å². The predicted octanol–water partition coefficient (Wildman–Crippen LogP) is 2.28. The summed E-state index contributed by atoms with van der Waals surface area (Å²) in [6, 6.07) is 4.25. The molecule has 2 aromatic heterocycles. The monoisotopic (exact) mass is 374 g/mol. The van der Waals surface area contributed by atoms with E-state index in [9.17, 15) is 4.79 Å². The van der Waals surface area contributed by atoms with Crippen LogP contribution in [0.25, 0.3) is 0 Å². The Morgan fingerprint density at radius 2 is 2.15 bits per heavy atom. The predicted molar refractivity (Wildman–Crippen MR) is 101 cm³/mol. The van der Waals surface area contributed by atoms with Crippen LogP contribution in [0.4, 0.5) is 0 Å². The maximum absolute atomic E-state index is 12.3. The van der Waals surface area contributed by atoms with Crippen molar-refractivity contribution < 1.29 is 9.53 Å². The van der Waals surface area contributed by atoms with Gasteiger partial charge < -0.3 is 9.64 Å². The molecule has 26 heavy (non-hydrogen) atoms. The van der Waals surface area contributed by atoms with Gasteiger partial charge in [-0.3, -0.25) is 14.4 Å². The molecule has 2 aliphatic rings. The highest BCUT2D eigenvalue weighted by molar-refractivity contribution is 7.10. The van der Waals surface area contributed by atoms with E-state index in [1.54, 1.807) is 11.3 Å². The van der Waals surface area contributed by atoms with Gasteiger partial charge in [0, 0.05) is 43.8 Å². The standard InChI is InChI=1S/C19H26N4O2S/c1-15-5-9-26-18(15)13-21-10-16-4-6-20-23(16)12-17(11-21)25-14-19(24)22-7-2-3-8-22/h4-6,9,17H,2-3,7-8,10-14H2,1H3. The van der Waals surface area contributed by atoms with E-state index >= 15 is 0 Å². The normalized spacial score (nSPS) is 21.0. The third-order valence-corrected chi connectivity index (χ3v) is 6.27. The van der Waals surface area contributed by atoms with Crippen molar-refractivity contribution in [1.82, 2.24) is 19.6 Å². The smallest absolute Gasteiger partial charge is 0.248 e. The van der Waals surface area contributed by atoms with Gasteiger partial charge in [0.1, 0.15) is 6.61 Å². The van der Waals surface area contributed by atoms with Crippen LogP contribution in [-0.4, -0.2) is 57.8 Å². The van der Waals surface area contributed by atoms with Gasteiger partial charge in [0.15, 0.2) is 0 Å². The molecular formula is C19H26N4O2S. The van der Waals surface area contributed by atoms with Crippen LogP contribution in [0, 0.1) is 6.92 Å². The van der Waals surface area contributed by atoms with Crippen LogP contribution in [0.2, 0.25) is 0 Å². The first-order valence-corrected chi connectivity index (χ1v) is 10.2. The highest BCUT2D eigenvalue weighted by Crippen LogP contribution is 2.22. The lowest BCUT2D eigenvalue weighted by molar-refractivity contribution is -0.137. The third-order valence-electron chi connectivity index (χ3n) is 5.27. The summed E-state index contributed by atoms with van der Waals surface area (Å²) in [5, 5.41) is 6.59. The summed E-state index contributed by atoms with van der Waals surface area (Å²) in [5.74, 6) is 0.119. The fraction of sp³-hybridized carbons (Fsp3) is 0.579. The van der Waals surface area contributed by atoms with Gasteiger partial charge in [-0.15, -0.1) is 11.3 Å². The van der Waals surface area contributed by atoms with Crippen LogP contribution in [0.3, 0.4) is 0 Å². The van der Waals surface area contributed by atoms with E-state index in [4.69, 9.17) is 4.74 Å². The average Bonchev–Trinajstić information content (AvgIpc) is 3.36. The molecular weight excluding hydrogens is 348 g/mol. The highest BCUT2D eigenvalue weighted by atomic mass is 32.1. The Balaban J connectivity index is 1.42. The first-order chi connectivity index (χ1) is 12.7. The minimum absolute atomic E-state index is 0.0250. The molecule has 0 saturated carbocycles. The molecule has 0 radical (unpaired) electrons. The maximum atomic E-state index is 12.3. The molecule has 0 bridgehead atoms. The lowest BCUT2D eigenvalue weighted by Crippen LogP contribution is -2.37. The number of carbonyl (C=O) groups excluding carboxylic acids is 1. The Morgan fingerprint density at radius 1 is 1.31 bits per heavy atom. The van der Waals surface area contributed by atoms with Crippen molar-refractivity contribution in [3.8, 4) is 0 Å². The first kappa shape index (κ1) is 17.7. The van der Waals surface area contributed by atoms with Gasteiger partial charge in [-0.25, -0.2) is 0 Å². The molecule has 4 heterocycles. The molecule has 2 aromatic rings. The van der Waals surface area contributed by atoms with Gasteiger partial charge >= 0.3 is 0 Å². The van der Waals surface area contributed by atoms with Gasteiger partial charge in [0.25, 0.3) is 0 Å². The Morgan fingerprint density at radius 3 is 2.92 bits per heavy atom. The van der Waals surface area contributed by atoms with Crippen molar-refractivity contribution in [2.45, 2.75) is 45.5 Å².